The van der Waals surface area contributed by atoms with Crippen LogP contribution in [0.5, 0.6) is 0 Å². The maximum absolute atomic E-state index is 4.81. The molecule has 0 amide bonds. The van der Waals surface area contributed by atoms with Crippen LogP contribution in [0, 0.1) is 12.8 Å². The molecule has 2 aromatic rings. The van der Waals surface area contributed by atoms with Gasteiger partial charge in [-0.15, -0.1) is 11.3 Å². The largest absolute Gasteiger partial charge is 0.297 e. The van der Waals surface area contributed by atoms with Crippen molar-refractivity contribution in [3.05, 3.63) is 40.9 Å². The summed E-state index contributed by atoms with van der Waals surface area (Å²) >= 11 is 1.76. The zero-order valence-corrected chi connectivity index (χ0v) is 13.1. The topological polar surface area (TPSA) is 16.1 Å². The second-order valence-corrected chi connectivity index (χ2v) is 6.85. The lowest BCUT2D eigenvalue weighted by Crippen LogP contribution is -2.33. The van der Waals surface area contributed by atoms with Gasteiger partial charge in [-0.1, -0.05) is 36.8 Å². The molecule has 0 spiro atoms. The van der Waals surface area contributed by atoms with Gasteiger partial charge in [0.15, 0.2) is 0 Å². The Morgan fingerprint density at radius 3 is 2.85 bits per heavy atom. The third kappa shape index (κ3) is 3.28. The number of piperidine rings is 1. The van der Waals surface area contributed by atoms with E-state index in [9.17, 15) is 0 Å². The number of hydrogen-bond donors (Lipinski definition) is 0. The molecule has 0 aliphatic carbocycles. The Hall–Kier alpha value is -1.19. The normalized spacial score (nSPS) is 20.2. The Kier molecular flexibility index (Phi) is 4.18. The van der Waals surface area contributed by atoms with Crippen molar-refractivity contribution in [1.29, 1.82) is 0 Å². The van der Waals surface area contributed by atoms with Crippen LogP contribution in [0.25, 0.3) is 10.6 Å². The molecule has 1 aromatic heterocycles. The predicted molar refractivity (Wildman–Crippen MR) is 86.0 cm³/mol. The Bertz CT molecular complexity index is 559. The fourth-order valence-electron chi connectivity index (χ4n) is 2.87. The monoisotopic (exact) mass is 286 g/mol. The molecule has 1 aromatic carbocycles. The fourth-order valence-corrected chi connectivity index (χ4v) is 3.68. The number of likely N-dealkylation sites (tertiary alicyclic amines) is 1. The molecule has 2 nitrogen and oxygen atoms in total. The van der Waals surface area contributed by atoms with Crippen LogP contribution >= 0.6 is 11.3 Å². The quantitative estimate of drug-likeness (QED) is 0.834. The minimum absolute atomic E-state index is 0.832. The van der Waals surface area contributed by atoms with E-state index in [1.807, 2.05) is 0 Å². The third-order valence-corrected chi connectivity index (χ3v) is 4.92. The highest BCUT2D eigenvalue weighted by Crippen LogP contribution is 2.25. The highest BCUT2D eigenvalue weighted by atomic mass is 32.1. The summed E-state index contributed by atoms with van der Waals surface area (Å²) in [6.07, 6.45) is 2.71. The van der Waals surface area contributed by atoms with Crippen LogP contribution in [0.3, 0.4) is 0 Å². The molecule has 1 aliphatic heterocycles. The molecule has 3 heteroatoms. The van der Waals surface area contributed by atoms with Crippen LogP contribution < -0.4 is 0 Å². The van der Waals surface area contributed by atoms with Gasteiger partial charge in [0.25, 0.3) is 0 Å². The van der Waals surface area contributed by atoms with E-state index in [2.05, 4.69) is 48.4 Å². The van der Waals surface area contributed by atoms with E-state index in [1.165, 1.54) is 42.8 Å². The van der Waals surface area contributed by atoms with Crippen LogP contribution in [0.1, 0.15) is 31.0 Å². The summed E-state index contributed by atoms with van der Waals surface area (Å²) in [5.74, 6) is 0.832. The van der Waals surface area contributed by atoms with E-state index in [4.69, 9.17) is 4.98 Å². The average Bonchev–Trinajstić information content (AvgIpc) is 2.88. The van der Waals surface area contributed by atoms with E-state index >= 15 is 0 Å². The fraction of sp³-hybridized carbons (Fsp3) is 0.471. The molecule has 1 saturated heterocycles. The molecule has 0 bridgehead atoms. The second-order valence-electron chi connectivity index (χ2n) is 5.99. The number of nitrogens with zero attached hydrogens (tertiary/aromatic N) is 2. The maximum Gasteiger partial charge on any atom is 0.123 e. The van der Waals surface area contributed by atoms with Gasteiger partial charge in [-0.25, -0.2) is 4.98 Å². The highest BCUT2D eigenvalue weighted by molar-refractivity contribution is 7.13. The number of thiazole rings is 1. The Morgan fingerprint density at radius 2 is 2.10 bits per heavy atom. The first-order valence-corrected chi connectivity index (χ1v) is 8.32. The van der Waals surface area contributed by atoms with Gasteiger partial charge >= 0.3 is 0 Å². The van der Waals surface area contributed by atoms with Crippen molar-refractivity contribution in [1.82, 2.24) is 9.88 Å². The van der Waals surface area contributed by atoms with Crippen LogP contribution in [0.4, 0.5) is 0 Å². The number of hydrogen-bond acceptors (Lipinski definition) is 3. The molecular formula is C17H22N2S. The first kappa shape index (κ1) is 13.8. The molecule has 0 N–H and O–H groups in total. The van der Waals surface area contributed by atoms with Crippen molar-refractivity contribution >= 4 is 11.3 Å². The van der Waals surface area contributed by atoms with Gasteiger partial charge in [-0.3, -0.25) is 4.90 Å². The summed E-state index contributed by atoms with van der Waals surface area (Å²) in [6, 6.07) is 8.65. The zero-order valence-electron chi connectivity index (χ0n) is 12.3. The van der Waals surface area contributed by atoms with Crippen LogP contribution in [-0.4, -0.2) is 23.0 Å². The lowest BCUT2D eigenvalue weighted by atomic mass is 10.0. The molecule has 1 unspecified atom stereocenters. The molecule has 106 valence electrons. The van der Waals surface area contributed by atoms with Crippen molar-refractivity contribution in [3.63, 3.8) is 0 Å². The van der Waals surface area contributed by atoms with Gasteiger partial charge in [0, 0.05) is 24.0 Å². The number of rotatable bonds is 3. The van der Waals surface area contributed by atoms with Crippen LogP contribution in [0.2, 0.25) is 0 Å². The van der Waals surface area contributed by atoms with Gasteiger partial charge in [0.2, 0.25) is 0 Å². The van der Waals surface area contributed by atoms with Crippen molar-refractivity contribution in [2.24, 2.45) is 5.92 Å². The minimum Gasteiger partial charge on any atom is -0.297 e. The number of aryl methyl sites for hydroxylation is 1. The lowest BCUT2D eigenvalue weighted by Gasteiger charge is -2.30. The lowest BCUT2D eigenvalue weighted by molar-refractivity contribution is 0.175. The smallest absolute Gasteiger partial charge is 0.123 e. The van der Waals surface area contributed by atoms with E-state index < -0.39 is 0 Å². The first-order valence-electron chi connectivity index (χ1n) is 7.44. The summed E-state index contributed by atoms with van der Waals surface area (Å²) in [5, 5.41) is 3.36. The second kappa shape index (κ2) is 6.06. The van der Waals surface area contributed by atoms with E-state index in [1.54, 1.807) is 11.3 Å². The van der Waals surface area contributed by atoms with Crippen LogP contribution in [0.15, 0.2) is 29.6 Å². The molecule has 1 aliphatic rings. The minimum atomic E-state index is 0.832. The molecule has 20 heavy (non-hydrogen) atoms. The summed E-state index contributed by atoms with van der Waals surface area (Å²) < 4.78 is 0. The van der Waals surface area contributed by atoms with Crippen molar-refractivity contribution in [2.45, 2.75) is 33.2 Å². The van der Waals surface area contributed by atoms with Gasteiger partial charge in [0.05, 0.1) is 5.69 Å². The average molecular weight is 286 g/mol. The van der Waals surface area contributed by atoms with E-state index in [0.29, 0.717) is 0 Å². The Morgan fingerprint density at radius 1 is 1.30 bits per heavy atom. The number of aromatic nitrogens is 1. The van der Waals surface area contributed by atoms with E-state index in [-0.39, 0.29) is 0 Å². The standard InChI is InChI=1S/C17H22N2S/c1-13-5-7-15(8-6-13)17-18-16(12-20-17)11-19-9-3-4-14(2)10-19/h5-8,12,14H,3-4,9-11H2,1-2H3. The molecule has 3 rings (SSSR count). The summed E-state index contributed by atoms with van der Waals surface area (Å²) in [6.45, 7) is 7.92. The summed E-state index contributed by atoms with van der Waals surface area (Å²) in [5.41, 5.74) is 3.76. The number of benzene rings is 1. The van der Waals surface area contributed by atoms with Crippen molar-refractivity contribution < 1.29 is 0 Å². The van der Waals surface area contributed by atoms with Crippen molar-refractivity contribution in [2.75, 3.05) is 13.1 Å². The maximum atomic E-state index is 4.81. The van der Waals surface area contributed by atoms with Gasteiger partial charge < -0.3 is 0 Å². The molecule has 0 saturated carbocycles. The first-order chi connectivity index (χ1) is 9.70. The Labute approximate surface area is 125 Å². The van der Waals surface area contributed by atoms with Gasteiger partial charge in [-0.2, -0.15) is 0 Å². The van der Waals surface area contributed by atoms with Gasteiger partial charge in [-0.05, 0) is 32.2 Å². The molecule has 1 atom stereocenters. The SMILES string of the molecule is Cc1ccc(-c2nc(CN3CCCC(C)C3)cs2)cc1. The van der Waals surface area contributed by atoms with Crippen LogP contribution in [-0.2, 0) is 6.54 Å². The summed E-state index contributed by atoms with van der Waals surface area (Å²) in [4.78, 5) is 7.35. The summed E-state index contributed by atoms with van der Waals surface area (Å²) in [7, 11) is 0. The zero-order chi connectivity index (χ0) is 13.9. The molecular weight excluding hydrogens is 264 g/mol. The molecule has 0 radical (unpaired) electrons. The molecule has 2 heterocycles. The van der Waals surface area contributed by atoms with Crippen molar-refractivity contribution in [3.8, 4) is 10.6 Å². The van der Waals surface area contributed by atoms with E-state index in [0.717, 1.165) is 17.5 Å². The third-order valence-electron chi connectivity index (χ3n) is 3.98. The predicted octanol–water partition coefficient (Wildman–Crippen LogP) is 4.35. The van der Waals surface area contributed by atoms with Gasteiger partial charge in [0.1, 0.15) is 5.01 Å². The Balaban J connectivity index is 1.69. The highest BCUT2D eigenvalue weighted by Gasteiger charge is 2.17. The molecule has 1 fully saturated rings.